The molecule has 0 aliphatic rings. The zero-order valence-electron chi connectivity index (χ0n) is 9.28. The summed E-state index contributed by atoms with van der Waals surface area (Å²) in [6, 6.07) is 11.4. The second-order valence-corrected chi connectivity index (χ2v) is 3.38. The van der Waals surface area contributed by atoms with Gasteiger partial charge in [-0.1, -0.05) is 30.3 Å². The first-order chi connectivity index (χ1) is 7.72. The Kier molecular flexibility index (Phi) is 2.00. The molecule has 0 amide bonds. The van der Waals surface area contributed by atoms with Gasteiger partial charge in [0, 0.05) is 11.4 Å². The van der Waals surface area contributed by atoms with E-state index in [1.165, 1.54) is 0 Å². The van der Waals surface area contributed by atoms with Gasteiger partial charge in [-0.05, 0) is 18.6 Å². The highest BCUT2D eigenvalue weighted by molar-refractivity contribution is 5.90. The minimum absolute atomic E-state index is 0.397. The van der Waals surface area contributed by atoms with Crippen LogP contribution in [0.4, 0.5) is 0 Å². The van der Waals surface area contributed by atoms with Crippen molar-refractivity contribution in [1.82, 2.24) is 4.98 Å². The molecule has 1 aromatic heterocycles. The summed E-state index contributed by atoms with van der Waals surface area (Å²) < 4.78 is 6.59. The zero-order valence-corrected chi connectivity index (χ0v) is 8.28. The van der Waals surface area contributed by atoms with Crippen molar-refractivity contribution >= 4 is 5.97 Å². The van der Waals surface area contributed by atoms with E-state index in [4.69, 9.17) is 1.43 Å². The number of aromatic amines is 1. The number of aromatic nitrogens is 1. The third kappa shape index (κ3) is 1.76. The van der Waals surface area contributed by atoms with E-state index < -0.39 is 5.97 Å². The molecule has 2 rings (SSSR count). The fraction of sp³-hybridized carbons (Fsp3) is 0.0833. The zero-order chi connectivity index (χ0) is 11.5. The minimum Gasteiger partial charge on any atom is -0.478 e. The smallest absolute Gasteiger partial charge is 0.337 e. The van der Waals surface area contributed by atoms with Gasteiger partial charge in [0.2, 0.25) is 0 Å². The van der Waals surface area contributed by atoms with E-state index in [1.54, 1.807) is 13.0 Å². The number of hydrogen-bond acceptors (Lipinski definition) is 2. The Morgan fingerprint density at radius 2 is 2.13 bits per heavy atom. The lowest BCUT2D eigenvalue weighted by Crippen LogP contribution is -1.95. The van der Waals surface area contributed by atoms with Gasteiger partial charge in [0.1, 0.15) is 0 Å². The molecule has 0 saturated carbocycles. The maximum absolute atomic E-state index is 11.2. The first kappa shape index (κ1) is 8.29. The Balaban J connectivity index is 2.42. The lowest BCUT2D eigenvalue weighted by atomic mass is 10.1. The number of aromatic carboxylic acids is 1. The number of benzene rings is 1. The van der Waals surface area contributed by atoms with Gasteiger partial charge in [-0.3, -0.25) is 0 Å². The topological polar surface area (TPSA) is 53.1 Å². The number of nitrogens with one attached hydrogen (secondary N) is 1. The molecule has 0 atom stereocenters. The third-order valence-electron chi connectivity index (χ3n) is 2.32. The van der Waals surface area contributed by atoms with Crippen molar-refractivity contribution in [3.63, 3.8) is 0 Å². The van der Waals surface area contributed by atoms with Gasteiger partial charge in [-0.15, -0.1) is 0 Å². The molecule has 15 heavy (non-hydrogen) atoms. The number of rotatable bonds is 2. The van der Waals surface area contributed by atoms with E-state index in [9.17, 15) is 4.79 Å². The van der Waals surface area contributed by atoms with Gasteiger partial charge in [0.25, 0.3) is 1.43 Å². The predicted octanol–water partition coefficient (Wildman–Crippen LogP) is 2.69. The van der Waals surface area contributed by atoms with Crippen LogP contribution < -0.4 is 0 Å². The fourth-order valence-corrected chi connectivity index (χ4v) is 1.54. The Morgan fingerprint density at radius 1 is 1.40 bits per heavy atom. The van der Waals surface area contributed by atoms with Crippen molar-refractivity contribution in [2.24, 2.45) is 0 Å². The average molecular weight is 202 g/mol. The number of carboxylic acids is 1. The molecule has 3 nitrogen and oxygen atoms in total. The number of carbonyl (C=O) groups is 1. The Bertz CT molecular complexity index is 505. The van der Waals surface area contributed by atoms with Crippen molar-refractivity contribution < 1.29 is 9.90 Å². The fourth-order valence-electron chi connectivity index (χ4n) is 1.54. The van der Waals surface area contributed by atoms with E-state index in [0.717, 1.165) is 11.3 Å². The van der Waals surface area contributed by atoms with Gasteiger partial charge in [0.05, 0.1) is 5.56 Å². The summed E-state index contributed by atoms with van der Waals surface area (Å²) in [7, 11) is 0. The van der Waals surface area contributed by atoms with E-state index in [0.29, 0.717) is 11.3 Å². The summed E-state index contributed by atoms with van der Waals surface area (Å²) >= 11 is 0. The molecule has 3 heteroatoms. The molecular formula is C12H11NO2. The minimum atomic E-state index is -0.643. The quantitative estimate of drug-likeness (QED) is 0.786. The van der Waals surface area contributed by atoms with Gasteiger partial charge < -0.3 is 10.1 Å². The largest absolute Gasteiger partial charge is 0.478 e. The highest BCUT2D eigenvalue weighted by atomic mass is 16.4. The molecular weight excluding hydrogens is 190 g/mol. The summed E-state index contributed by atoms with van der Waals surface area (Å²) in [5.74, 6) is -0.643. The van der Waals surface area contributed by atoms with Gasteiger partial charge in [0.15, 0.2) is 0 Å². The van der Waals surface area contributed by atoms with E-state index in [-0.39, 0.29) is 0 Å². The first-order valence-corrected chi connectivity index (χ1v) is 4.65. The molecule has 0 saturated heterocycles. The monoisotopic (exact) mass is 202 g/mol. The van der Waals surface area contributed by atoms with Crippen LogP contribution in [0.5, 0.6) is 0 Å². The summed E-state index contributed by atoms with van der Waals surface area (Å²) in [4.78, 5) is 14.3. The second-order valence-electron chi connectivity index (χ2n) is 3.38. The van der Waals surface area contributed by atoms with Crippen molar-refractivity contribution in [1.29, 1.82) is 1.43 Å². The Labute approximate surface area is 88.9 Å². The number of H-pyrrole nitrogens is 1. The molecule has 1 heterocycles. The number of hydrogen-bond donors (Lipinski definition) is 2. The van der Waals surface area contributed by atoms with Crippen LogP contribution in [0.15, 0.2) is 36.4 Å². The van der Waals surface area contributed by atoms with Crippen LogP contribution in [0.25, 0.3) is 12.7 Å². The molecule has 2 aromatic rings. The summed E-state index contributed by atoms with van der Waals surface area (Å²) in [6.07, 6.45) is 0. The van der Waals surface area contributed by atoms with Crippen LogP contribution in [0.1, 0.15) is 16.1 Å². The first-order valence-electron chi connectivity index (χ1n) is 5.05. The van der Waals surface area contributed by atoms with E-state index >= 15 is 0 Å². The standard InChI is InChI=1S/C12H11NO2/c1-8-10(12(14)15)7-11(13-8)9-5-3-2-4-6-9/h2-7,13H,1H3,(H,14,15)/i/hD. The molecule has 0 aliphatic heterocycles. The molecule has 76 valence electrons. The molecule has 0 radical (unpaired) electrons. The highest BCUT2D eigenvalue weighted by Crippen LogP contribution is 2.21. The van der Waals surface area contributed by atoms with E-state index in [1.807, 2.05) is 30.3 Å². The SMILES string of the molecule is [2H]OC(=O)c1cc(-c2ccccc2)[nH]c1C. The van der Waals surface area contributed by atoms with Crippen LogP contribution in [-0.4, -0.2) is 16.1 Å². The Hall–Kier alpha value is -2.03. The van der Waals surface area contributed by atoms with Crippen molar-refractivity contribution in [2.75, 3.05) is 0 Å². The summed E-state index contributed by atoms with van der Waals surface area (Å²) in [5, 5.41) is 3.96. The van der Waals surface area contributed by atoms with Gasteiger partial charge >= 0.3 is 5.97 Å². The molecule has 0 spiro atoms. The van der Waals surface area contributed by atoms with Crippen LogP contribution in [0.3, 0.4) is 0 Å². The molecule has 1 aromatic carbocycles. The molecule has 2 N–H and O–H groups in total. The number of carboxylic acid groups (broad SMARTS) is 1. The van der Waals surface area contributed by atoms with Crippen LogP contribution >= 0.6 is 0 Å². The predicted molar refractivity (Wildman–Crippen MR) is 57.9 cm³/mol. The maximum atomic E-state index is 11.2. The van der Waals surface area contributed by atoms with Crippen LogP contribution in [-0.2, 0) is 0 Å². The van der Waals surface area contributed by atoms with Crippen molar-refractivity contribution in [3.05, 3.63) is 47.7 Å². The second kappa shape index (κ2) is 3.61. The molecule has 0 fully saturated rings. The van der Waals surface area contributed by atoms with Crippen molar-refractivity contribution in [2.45, 2.75) is 6.92 Å². The average Bonchev–Trinajstić information content (AvgIpc) is 2.71. The normalized spacial score (nSPS) is 10.9. The lowest BCUT2D eigenvalue weighted by Gasteiger charge is -1.95. The maximum Gasteiger partial charge on any atom is 0.337 e. The Morgan fingerprint density at radius 3 is 2.80 bits per heavy atom. The van der Waals surface area contributed by atoms with E-state index in [2.05, 4.69) is 10.1 Å². The number of aryl methyl sites for hydroxylation is 1. The molecule has 0 aliphatic carbocycles. The van der Waals surface area contributed by atoms with Gasteiger partial charge in [-0.2, -0.15) is 0 Å². The van der Waals surface area contributed by atoms with Crippen molar-refractivity contribution in [3.8, 4) is 11.3 Å². The van der Waals surface area contributed by atoms with Gasteiger partial charge in [-0.25, -0.2) is 4.79 Å². The summed E-state index contributed by atoms with van der Waals surface area (Å²) in [6.45, 7) is 1.78. The lowest BCUT2D eigenvalue weighted by molar-refractivity contribution is 0.0696. The molecule has 0 unspecified atom stereocenters. The van der Waals surface area contributed by atoms with Crippen LogP contribution in [0, 0.1) is 6.92 Å². The molecule has 0 bridgehead atoms. The highest BCUT2D eigenvalue weighted by Gasteiger charge is 2.11. The summed E-state index contributed by atoms with van der Waals surface area (Å²) in [5.41, 5.74) is 2.94. The third-order valence-corrected chi connectivity index (χ3v) is 2.32. The van der Waals surface area contributed by atoms with Crippen LogP contribution in [0.2, 0.25) is 0 Å².